The quantitative estimate of drug-likeness (QED) is 0.432. The van der Waals surface area contributed by atoms with Crippen LogP contribution in [0, 0.1) is 0 Å². The summed E-state index contributed by atoms with van der Waals surface area (Å²) in [4.78, 5) is 3.87. The van der Waals surface area contributed by atoms with E-state index < -0.39 is 0 Å². The molecule has 0 bridgehead atoms. The first kappa shape index (κ1) is 8.95. The molecule has 0 aliphatic rings. The lowest BCUT2D eigenvalue weighted by Crippen LogP contribution is -1.83. The molecule has 0 aromatic heterocycles. The minimum atomic E-state index is 0.412. The van der Waals surface area contributed by atoms with Crippen molar-refractivity contribution >= 4 is 6.21 Å². The lowest BCUT2D eigenvalue weighted by atomic mass is 10.3. The van der Waals surface area contributed by atoms with Gasteiger partial charge in [0, 0.05) is 6.21 Å². The van der Waals surface area contributed by atoms with Gasteiger partial charge in [0.05, 0.1) is 7.11 Å². The molecule has 56 valence electrons. The van der Waals surface area contributed by atoms with Crippen LogP contribution in [-0.2, 0) is 4.74 Å². The fraction of sp³-hybridized carbons (Fsp3) is 0.375. The van der Waals surface area contributed by atoms with Crippen molar-refractivity contribution in [2.45, 2.75) is 13.3 Å². The minimum absolute atomic E-state index is 0.412. The van der Waals surface area contributed by atoms with E-state index in [-0.39, 0.29) is 0 Å². The van der Waals surface area contributed by atoms with Gasteiger partial charge in [0.2, 0.25) is 5.88 Å². The Morgan fingerprint density at radius 1 is 1.60 bits per heavy atom. The molecule has 0 radical (unpaired) electrons. The molecule has 0 aliphatic carbocycles. The third kappa shape index (κ3) is 3.89. The van der Waals surface area contributed by atoms with Crippen LogP contribution in [0.5, 0.6) is 0 Å². The zero-order chi connectivity index (χ0) is 7.98. The second kappa shape index (κ2) is 4.79. The summed E-state index contributed by atoms with van der Waals surface area (Å²) in [5, 5.41) is 0. The number of nitrogens with zero attached hydrogens (tertiary/aromatic N) is 1. The molecular formula is C8H13NO. The predicted octanol–water partition coefficient (Wildman–Crippen LogP) is 2.14. The molecule has 0 saturated heterocycles. The van der Waals surface area contributed by atoms with Gasteiger partial charge in [-0.2, -0.15) is 0 Å². The second-order valence-electron chi connectivity index (χ2n) is 1.87. The number of ether oxygens (including phenoxy) is 1. The van der Waals surface area contributed by atoms with Gasteiger partial charge >= 0.3 is 0 Å². The zero-order valence-corrected chi connectivity index (χ0v) is 6.55. The van der Waals surface area contributed by atoms with Gasteiger partial charge in [-0.05, 0) is 18.6 Å². The van der Waals surface area contributed by atoms with E-state index in [9.17, 15) is 0 Å². The molecule has 10 heavy (non-hydrogen) atoms. The van der Waals surface area contributed by atoms with E-state index in [1.54, 1.807) is 6.21 Å². The van der Waals surface area contributed by atoms with E-state index in [0.29, 0.717) is 5.88 Å². The van der Waals surface area contributed by atoms with Crippen LogP contribution >= 0.6 is 0 Å². The third-order valence-corrected chi connectivity index (χ3v) is 1.08. The molecule has 0 aliphatic heterocycles. The molecule has 0 spiro atoms. The fourth-order valence-corrected chi connectivity index (χ4v) is 0.307. The zero-order valence-electron chi connectivity index (χ0n) is 6.55. The van der Waals surface area contributed by atoms with Gasteiger partial charge in [0.25, 0.3) is 0 Å². The van der Waals surface area contributed by atoms with Crippen molar-refractivity contribution in [1.29, 1.82) is 0 Å². The molecule has 0 aromatic carbocycles. The van der Waals surface area contributed by atoms with E-state index in [0.717, 1.165) is 12.0 Å². The summed E-state index contributed by atoms with van der Waals surface area (Å²) in [6.07, 6.45) is 2.56. The van der Waals surface area contributed by atoms with Crippen LogP contribution < -0.4 is 0 Å². The number of allylic oxidation sites excluding steroid dienone is 1. The summed E-state index contributed by atoms with van der Waals surface area (Å²) in [6.45, 7) is 9.27. The third-order valence-electron chi connectivity index (χ3n) is 1.08. The highest BCUT2D eigenvalue weighted by Gasteiger charge is 1.84. The second-order valence-corrected chi connectivity index (χ2v) is 1.87. The lowest BCUT2D eigenvalue weighted by Gasteiger charge is -1.95. The summed E-state index contributed by atoms with van der Waals surface area (Å²) >= 11 is 0. The van der Waals surface area contributed by atoms with Crippen molar-refractivity contribution in [3.63, 3.8) is 0 Å². The molecule has 0 fully saturated rings. The first-order chi connectivity index (χ1) is 4.70. The van der Waals surface area contributed by atoms with Crippen LogP contribution in [0.1, 0.15) is 13.3 Å². The smallest absolute Gasteiger partial charge is 0.205 e. The molecule has 0 amide bonds. The Morgan fingerprint density at radius 3 is 2.60 bits per heavy atom. The standard InChI is InChI=1S/C8H13NO/c1-5-7(2)6-9-8(3)10-4/h6H,2-3,5H2,1,4H3/b9-6-. The van der Waals surface area contributed by atoms with Gasteiger partial charge in [-0.1, -0.05) is 13.5 Å². The Labute approximate surface area is 61.9 Å². The SMILES string of the molecule is C=C(/C=N\C(=C)OC)CC. The maximum absolute atomic E-state index is 4.71. The largest absolute Gasteiger partial charge is 0.481 e. The molecule has 0 saturated carbocycles. The average molecular weight is 139 g/mol. The van der Waals surface area contributed by atoms with Gasteiger partial charge in [-0.15, -0.1) is 0 Å². The maximum Gasteiger partial charge on any atom is 0.205 e. The highest BCUT2D eigenvalue weighted by molar-refractivity contribution is 5.78. The van der Waals surface area contributed by atoms with Crippen molar-refractivity contribution in [2.75, 3.05) is 7.11 Å². The van der Waals surface area contributed by atoms with Crippen LogP contribution in [0.3, 0.4) is 0 Å². The van der Waals surface area contributed by atoms with Crippen LogP contribution in [-0.4, -0.2) is 13.3 Å². The van der Waals surface area contributed by atoms with Crippen molar-refractivity contribution in [3.05, 3.63) is 24.6 Å². The van der Waals surface area contributed by atoms with Crippen molar-refractivity contribution in [1.82, 2.24) is 0 Å². The number of hydrogen-bond donors (Lipinski definition) is 0. The Balaban J connectivity index is 3.75. The first-order valence-corrected chi connectivity index (χ1v) is 3.15. The molecule has 2 nitrogen and oxygen atoms in total. The molecule has 0 unspecified atom stereocenters. The van der Waals surface area contributed by atoms with E-state index in [1.807, 2.05) is 6.92 Å². The molecule has 0 N–H and O–H groups in total. The molecule has 0 rings (SSSR count). The number of aliphatic imine (C=N–C) groups is 1. The molecule has 2 heteroatoms. The molecule has 0 heterocycles. The van der Waals surface area contributed by atoms with Crippen molar-refractivity contribution < 1.29 is 4.74 Å². The Kier molecular flexibility index (Phi) is 4.29. The van der Waals surface area contributed by atoms with Crippen LogP contribution in [0.4, 0.5) is 0 Å². The Morgan fingerprint density at radius 2 is 2.20 bits per heavy atom. The van der Waals surface area contributed by atoms with Crippen molar-refractivity contribution in [3.8, 4) is 0 Å². The number of methoxy groups -OCH3 is 1. The Hall–Kier alpha value is -1.05. The first-order valence-electron chi connectivity index (χ1n) is 3.15. The summed E-state index contributed by atoms with van der Waals surface area (Å²) in [6, 6.07) is 0. The van der Waals surface area contributed by atoms with Crippen LogP contribution in [0.2, 0.25) is 0 Å². The van der Waals surface area contributed by atoms with E-state index in [2.05, 4.69) is 18.2 Å². The summed E-state index contributed by atoms with van der Waals surface area (Å²) in [5.41, 5.74) is 0.971. The number of hydrogen-bond acceptors (Lipinski definition) is 2. The molecular weight excluding hydrogens is 126 g/mol. The van der Waals surface area contributed by atoms with Crippen molar-refractivity contribution in [2.24, 2.45) is 4.99 Å². The monoisotopic (exact) mass is 139 g/mol. The van der Waals surface area contributed by atoms with E-state index in [4.69, 9.17) is 4.74 Å². The fourth-order valence-electron chi connectivity index (χ4n) is 0.307. The van der Waals surface area contributed by atoms with Gasteiger partial charge in [-0.25, -0.2) is 4.99 Å². The Bertz CT molecular complexity index is 141. The van der Waals surface area contributed by atoms with E-state index >= 15 is 0 Å². The maximum atomic E-state index is 4.71. The summed E-state index contributed by atoms with van der Waals surface area (Å²) in [7, 11) is 1.54. The highest BCUT2D eigenvalue weighted by atomic mass is 16.5. The normalized spacial score (nSPS) is 9.80. The van der Waals surface area contributed by atoms with Gasteiger partial charge < -0.3 is 4.74 Å². The average Bonchev–Trinajstić information content (AvgIpc) is 1.99. The summed E-state index contributed by atoms with van der Waals surface area (Å²) in [5.74, 6) is 0.412. The highest BCUT2D eigenvalue weighted by Crippen LogP contribution is 1.95. The van der Waals surface area contributed by atoms with E-state index in [1.165, 1.54) is 7.11 Å². The lowest BCUT2D eigenvalue weighted by molar-refractivity contribution is 0.291. The van der Waals surface area contributed by atoms with Gasteiger partial charge in [0.15, 0.2) is 0 Å². The van der Waals surface area contributed by atoms with Crippen LogP contribution in [0.15, 0.2) is 29.6 Å². The topological polar surface area (TPSA) is 21.6 Å². The summed E-state index contributed by atoms with van der Waals surface area (Å²) < 4.78 is 4.71. The van der Waals surface area contributed by atoms with Crippen LogP contribution in [0.25, 0.3) is 0 Å². The molecule has 0 atom stereocenters. The van der Waals surface area contributed by atoms with Gasteiger partial charge in [-0.3, -0.25) is 0 Å². The van der Waals surface area contributed by atoms with Gasteiger partial charge in [0.1, 0.15) is 0 Å². The predicted molar refractivity (Wildman–Crippen MR) is 44.1 cm³/mol. The molecule has 0 aromatic rings. The number of rotatable bonds is 4. The minimum Gasteiger partial charge on any atom is -0.481 e.